The van der Waals surface area contributed by atoms with E-state index in [1.165, 1.54) is 65.2 Å². The third-order valence-corrected chi connectivity index (χ3v) is 14.3. The fourth-order valence-electron chi connectivity index (χ4n) is 11.4. The van der Waals surface area contributed by atoms with Gasteiger partial charge in [-0.2, -0.15) is 0 Å². The first kappa shape index (κ1) is 37.9. The molecular weight excluding hydrogens is 841 g/mol. The molecule has 0 aliphatic carbocycles. The molecule has 0 amide bonds. The Labute approximate surface area is 396 Å². The maximum Gasteiger partial charge on any atom is 0.137 e. The number of benzene rings is 12. The molecule has 15 aromatic rings. The smallest absolute Gasteiger partial charge is 0.137 e. The quantitative estimate of drug-likeness (QED) is 0.142. The predicted octanol–water partition coefficient (Wildman–Crippen LogP) is 17.9. The van der Waals surface area contributed by atoms with E-state index in [2.05, 4.69) is 262 Å². The van der Waals surface area contributed by atoms with Crippen LogP contribution in [0.15, 0.2) is 247 Å². The van der Waals surface area contributed by atoms with E-state index in [1.54, 1.807) is 0 Å². The van der Waals surface area contributed by atoms with E-state index in [0.717, 1.165) is 67.4 Å². The normalized spacial score (nSPS) is 12.1. The zero-order valence-electron chi connectivity index (χ0n) is 37.3. The average Bonchev–Trinajstić information content (AvgIpc) is 4.07. The van der Waals surface area contributed by atoms with Gasteiger partial charge >= 0.3 is 0 Å². The number of fused-ring (bicyclic) bond motifs is 3. The minimum absolute atomic E-state index is 0.830. The van der Waals surface area contributed by atoms with Gasteiger partial charge in [0.1, 0.15) is 11.2 Å². The van der Waals surface area contributed by atoms with Gasteiger partial charge in [0.2, 0.25) is 0 Å². The Hall–Kier alpha value is -9.32. The Morgan fingerprint density at radius 1 is 0.261 bits per heavy atom. The van der Waals surface area contributed by atoms with Crippen molar-refractivity contribution >= 4 is 121 Å². The summed E-state index contributed by atoms with van der Waals surface area (Å²) in [7, 11) is 0. The second-order valence-electron chi connectivity index (χ2n) is 18.2. The summed E-state index contributed by atoms with van der Waals surface area (Å²) in [6, 6.07) is 87.8. The number of hydrogen-bond donors (Lipinski definition) is 0. The first-order valence-electron chi connectivity index (χ1n) is 23.6. The SMILES string of the molecule is c1ccc(N(c2ccc3c(c2)oc2cc(N(c4ccccc4)c4cc5ccc6cccc7c6c5c(c4)n7-c4ccccc4)ccc23)c2cc3ccc4cccc5c4c3c(c2)n5-c2ccccc2)cc1. The topological polar surface area (TPSA) is 29.5 Å². The van der Waals surface area contributed by atoms with Crippen LogP contribution in [-0.4, -0.2) is 9.13 Å². The Morgan fingerprint density at radius 2 is 0.652 bits per heavy atom. The molecule has 0 spiro atoms. The van der Waals surface area contributed by atoms with Crippen molar-refractivity contribution in [2.45, 2.75) is 0 Å². The third-order valence-electron chi connectivity index (χ3n) is 14.3. The molecule has 15 rings (SSSR count). The van der Waals surface area contributed by atoms with Gasteiger partial charge in [-0.25, -0.2) is 0 Å². The van der Waals surface area contributed by atoms with Gasteiger partial charge in [-0.1, -0.05) is 121 Å². The standard InChI is InChI=1S/C64H40N4O/c1-5-17-45(18-6-1)65(51-35-43-29-27-41-15-13-25-55-61(41)63(43)57(37-51)67(55)47-21-9-3-10-22-47)49-31-33-53-54-34-32-50(40-60(54)69-59(53)39-49)66(46-19-7-2-8-20-46)52-36-44-30-28-42-16-14-26-56-62(42)64(44)58(38-52)68(56)48-23-11-4-12-24-48/h1-40H. The molecule has 69 heavy (non-hydrogen) atoms. The van der Waals surface area contributed by atoms with Gasteiger partial charge in [0, 0.05) is 89.9 Å². The number of hydrogen-bond acceptors (Lipinski definition) is 3. The van der Waals surface area contributed by atoms with Crippen molar-refractivity contribution in [3.63, 3.8) is 0 Å². The maximum absolute atomic E-state index is 6.97. The van der Waals surface area contributed by atoms with Crippen LogP contribution in [0.1, 0.15) is 0 Å². The second-order valence-corrected chi connectivity index (χ2v) is 18.2. The molecule has 0 radical (unpaired) electrons. The van der Waals surface area contributed by atoms with Crippen molar-refractivity contribution in [1.29, 1.82) is 0 Å². The maximum atomic E-state index is 6.97. The van der Waals surface area contributed by atoms with Gasteiger partial charge < -0.3 is 23.4 Å². The number of para-hydroxylation sites is 4. The lowest BCUT2D eigenvalue weighted by Crippen LogP contribution is -2.10. The Kier molecular flexibility index (Phi) is 8.00. The van der Waals surface area contributed by atoms with Crippen molar-refractivity contribution < 1.29 is 4.42 Å². The summed E-state index contributed by atoms with van der Waals surface area (Å²) in [4.78, 5) is 4.71. The van der Waals surface area contributed by atoms with Gasteiger partial charge in [-0.15, -0.1) is 0 Å². The van der Waals surface area contributed by atoms with E-state index in [9.17, 15) is 0 Å². The highest BCUT2D eigenvalue weighted by Gasteiger charge is 2.24. The third kappa shape index (κ3) is 5.65. The molecule has 0 bridgehead atoms. The van der Waals surface area contributed by atoms with Crippen LogP contribution < -0.4 is 9.80 Å². The van der Waals surface area contributed by atoms with Crippen LogP contribution in [0, 0.1) is 0 Å². The lowest BCUT2D eigenvalue weighted by atomic mass is 10.0. The summed E-state index contributed by atoms with van der Waals surface area (Å²) in [6.07, 6.45) is 0. The number of rotatable bonds is 8. The van der Waals surface area contributed by atoms with Crippen molar-refractivity contribution in [2.24, 2.45) is 0 Å². The van der Waals surface area contributed by atoms with E-state index in [1.807, 2.05) is 0 Å². The molecule has 0 saturated carbocycles. The van der Waals surface area contributed by atoms with Crippen molar-refractivity contribution in [3.05, 3.63) is 243 Å². The van der Waals surface area contributed by atoms with E-state index >= 15 is 0 Å². The fraction of sp³-hybridized carbons (Fsp3) is 0. The monoisotopic (exact) mass is 880 g/mol. The van der Waals surface area contributed by atoms with Crippen LogP contribution in [0.5, 0.6) is 0 Å². The number of furan rings is 1. The summed E-state index contributed by atoms with van der Waals surface area (Å²) in [6.45, 7) is 0. The van der Waals surface area contributed by atoms with Crippen LogP contribution in [0.4, 0.5) is 34.1 Å². The van der Waals surface area contributed by atoms with Gasteiger partial charge in [-0.05, 0) is 131 Å². The van der Waals surface area contributed by atoms with Gasteiger partial charge in [-0.3, -0.25) is 0 Å². The Bertz CT molecular complexity index is 4130. The van der Waals surface area contributed by atoms with Crippen LogP contribution in [0.2, 0.25) is 0 Å². The highest BCUT2D eigenvalue weighted by molar-refractivity contribution is 6.26. The highest BCUT2D eigenvalue weighted by Crippen LogP contribution is 2.47. The summed E-state index contributed by atoms with van der Waals surface area (Å²) >= 11 is 0. The lowest BCUT2D eigenvalue weighted by molar-refractivity contribution is 0.669. The van der Waals surface area contributed by atoms with E-state index in [0.29, 0.717) is 0 Å². The largest absolute Gasteiger partial charge is 0.456 e. The molecule has 322 valence electrons. The summed E-state index contributed by atoms with van der Waals surface area (Å²) in [5, 5.41) is 12.2. The van der Waals surface area contributed by atoms with Crippen LogP contribution in [0.25, 0.3) is 98.5 Å². The molecule has 0 fully saturated rings. The Morgan fingerprint density at radius 3 is 1.09 bits per heavy atom. The molecule has 0 aliphatic rings. The molecule has 0 aliphatic heterocycles. The first-order chi connectivity index (χ1) is 34.2. The average molecular weight is 881 g/mol. The molecule has 12 aromatic carbocycles. The Balaban J connectivity index is 0.898. The van der Waals surface area contributed by atoms with Crippen LogP contribution >= 0.6 is 0 Å². The predicted molar refractivity (Wildman–Crippen MR) is 289 cm³/mol. The lowest BCUT2D eigenvalue weighted by Gasteiger charge is -2.26. The molecule has 3 heterocycles. The van der Waals surface area contributed by atoms with Gasteiger partial charge in [0.15, 0.2) is 0 Å². The zero-order chi connectivity index (χ0) is 45.2. The van der Waals surface area contributed by atoms with Crippen molar-refractivity contribution in [1.82, 2.24) is 9.13 Å². The summed E-state index contributed by atoms with van der Waals surface area (Å²) < 4.78 is 11.8. The first-order valence-corrected chi connectivity index (χ1v) is 23.6. The van der Waals surface area contributed by atoms with E-state index in [4.69, 9.17) is 4.42 Å². The second kappa shape index (κ2) is 14.6. The van der Waals surface area contributed by atoms with Gasteiger partial charge in [0.05, 0.1) is 22.1 Å². The molecule has 3 aromatic heterocycles. The van der Waals surface area contributed by atoms with Crippen LogP contribution in [0.3, 0.4) is 0 Å². The molecular formula is C64H40N4O. The van der Waals surface area contributed by atoms with Crippen LogP contribution in [-0.2, 0) is 0 Å². The number of aromatic nitrogens is 2. The molecule has 5 nitrogen and oxygen atoms in total. The highest BCUT2D eigenvalue weighted by atomic mass is 16.3. The molecule has 0 N–H and O–H groups in total. The van der Waals surface area contributed by atoms with E-state index < -0.39 is 0 Å². The van der Waals surface area contributed by atoms with Crippen molar-refractivity contribution in [2.75, 3.05) is 9.80 Å². The minimum Gasteiger partial charge on any atom is -0.456 e. The summed E-state index contributed by atoms with van der Waals surface area (Å²) in [5.41, 5.74) is 15.0. The molecule has 0 atom stereocenters. The summed E-state index contributed by atoms with van der Waals surface area (Å²) in [5.74, 6) is 0. The van der Waals surface area contributed by atoms with Crippen molar-refractivity contribution in [3.8, 4) is 11.4 Å². The molecule has 5 heteroatoms. The number of anilines is 6. The molecule has 0 saturated heterocycles. The van der Waals surface area contributed by atoms with Gasteiger partial charge in [0.25, 0.3) is 0 Å². The minimum atomic E-state index is 0.830. The fourth-order valence-corrected chi connectivity index (χ4v) is 11.4. The molecule has 0 unspecified atom stereocenters. The number of nitrogens with zero attached hydrogens (tertiary/aromatic N) is 4. The zero-order valence-corrected chi connectivity index (χ0v) is 37.3. The van der Waals surface area contributed by atoms with E-state index in [-0.39, 0.29) is 0 Å².